The number of carbonyl (C=O) groups excluding carboxylic acids is 1. The van der Waals surface area contributed by atoms with Gasteiger partial charge in [-0.3, -0.25) is 4.79 Å². The summed E-state index contributed by atoms with van der Waals surface area (Å²) >= 11 is 7.34. The van der Waals surface area contributed by atoms with E-state index >= 15 is 0 Å². The number of rotatable bonds is 6. The van der Waals surface area contributed by atoms with E-state index in [1.54, 1.807) is 18.7 Å². The molecular weight excluding hydrogens is 180 g/mol. The molecule has 0 fully saturated rings. The fraction of sp³-hybridized carbons (Fsp3) is 0.875. The summed E-state index contributed by atoms with van der Waals surface area (Å²) in [6.07, 6.45) is 3.86. The van der Waals surface area contributed by atoms with Gasteiger partial charge in [0.2, 0.25) is 0 Å². The van der Waals surface area contributed by atoms with Crippen LogP contribution in [0.3, 0.4) is 0 Å². The van der Waals surface area contributed by atoms with E-state index < -0.39 is 0 Å². The van der Waals surface area contributed by atoms with Gasteiger partial charge in [-0.2, -0.15) is 11.8 Å². The molecule has 0 aliphatic rings. The number of thioether (sulfide) groups is 1. The predicted molar refractivity (Wildman–Crippen MR) is 52.5 cm³/mol. The minimum Gasteiger partial charge on any atom is -0.300 e. The number of carbonyl (C=O) groups is 1. The smallest absolute Gasteiger partial charge is 0.132 e. The van der Waals surface area contributed by atoms with Crippen LogP contribution in [-0.4, -0.2) is 23.7 Å². The van der Waals surface area contributed by atoms with E-state index in [0.717, 1.165) is 18.6 Å². The average Bonchev–Trinajstić information content (AvgIpc) is 1.97. The molecule has 0 amide bonds. The molecule has 1 atom stereocenters. The molecule has 1 nitrogen and oxygen atoms in total. The Hall–Kier alpha value is 0.310. The van der Waals surface area contributed by atoms with Crippen molar-refractivity contribution in [3.8, 4) is 0 Å². The first-order valence-electron chi connectivity index (χ1n) is 3.77. The van der Waals surface area contributed by atoms with Crippen LogP contribution in [0.2, 0.25) is 0 Å². The van der Waals surface area contributed by atoms with Crippen LogP contribution in [0.4, 0.5) is 0 Å². The molecule has 0 N–H and O–H groups in total. The van der Waals surface area contributed by atoms with Crippen LogP contribution in [0.25, 0.3) is 0 Å². The zero-order valence-corrected chi connectivity index (χ0v) is 8.67. The highest BCUT2D eigenvalue weighted by Crippen LogP contribution is 2.13. The SMILES string of the molecule is CSCCC(CCCl)C(C)=O. The number of hydrogen-bond acceptors (Lipinski definition) is 2. The second-order valence-electron chi connectivity index (χ2n) is 2.57. The van der Waals surface area contributed by atoms with E-state index in [4.69, 9.17) is 11.6 Å². The van der Waals surface area contributed by atoms with Crippen LogP contribution in [-0.2, 0) is 4.79 Å². The molecule has 0 aliphatic carbocycles. The van der Waals surface area contributed by atoms with Crippen molar-refractivity contribution >= 4 is 29.1 Å². The Balaban J connectivity index is 3.60. The molecule has 66 valence electrons. The molecule has 0 aromatic heterocycles. The highest BCUT2D eigenvalue weighted by molar-refractivity contribution is 7.98. The van der Waals surface area contributed by atoms with Gasteiger partial charge in [0.1, 0.15) is 5.78 Å². The Morgan fingerprint density at radius 1 is 1.55 bits per heavy atom. The molecular formula is C8H15ClOS. The van der Waals surface area contributed by atoms with E-state index in [2.05, 4.69) is 6.26 Å². The van der Waals surface area contributed by atoms with Gasteiger partial charge in [-0.1, -0.05) is 0 Å². The third-order valence-electron chi connectivity index (χ3n) is 1.70. The molecule has 1 unspecified atom stereocenters. The van der Waals surface area contributed by atoms with Gasteiger partial charge in [0.05, 0.1) is 0 Å². The first-order chi connectivity index (χ1) is 5.22. The van der Waals surface area contributed by atoms with E-state index in [9.17, 15) is 4.79 Å². The van der Waals surface area contributed by atoms with Crippen LogP contribution in [0.5, 0.6) is 0 Å². The zero-order chi connectivity index (χ0) is 8.69. The summed E-state index contributed by atoms with van der Waals surface area (Å²) in [5.74, 6) is 2.12. The molecule has 0 saturated carbocycles. The maximum Gasteiger partial charge on any atom is 0.132 e. The van der Waals surface area contributed by atoms with Crippen LogP contribution in [0.15, 0.2) is 0 Å². The third-order valence-corrected chi connectivity index (χ3v) is 2.57. The summed E-state index contributed by atoms with van der Waals surface area (Å²) in [6, 6.07) is 0. The van der Waals surface area contributed by atoms with E-state index in [-0.39, 0.29) is 11.7 Å². The van der Waals surface area contributed by atoms with Crippen LogP contribution in [0, 0.1) is 5.92 Å². The fourth-order valence-electron chi connectivity index (χ4n) is 0.943. The molecule has 0 spiro atoms. The third kappa shape index (κ3) is 5.57. The van der Waals surface area contributed by atoms with Gasteiger partial charge in [0, 0.05) is 11.8 Å². The summed E-state index contributed by atoms with van der Waals surface area (Å²) < 4.78 is 0. The zero-order valence-electron chi connectivity index (χ0n) is 7.10. The van der Waals surface area contributed by atoms with Gasteiger partial charge >= 0.3 is 0 Å². The first kappa shape index (κ1) is 11.3. The lowest BCUT2D eigenvalue weighted by Gasteiger charge is -2.09. The average molecular weight is 195 g/mol. The Labute approximate surface area is 77.9 Å². The number of alkyl halides is 1. The molecule has 0 bridgehead atoms. The molecule has 11 heavy (non-hydrogen) atoms. The Kier molecular flexibility index (Phi) is 7.18. The van der Waals surface area contributed by atoms with Gasteiger partial charge in [-0.25, -0.2) is 0 Å². The Morgan fingerprint density at radius 2 is 2.18 bits per heavy atom. The second kappa shape index (κ2) is 6.99. The van der Waals surface area contributed by atoms with E-state index in [1.807, 2.05) is 0 Å². The van der Waals surface area contributed by atoms with Crippen LogP contribution in [0.1, 0.15) is 19.8 Å². The molecule has 0 heterocycles. The summed E-state index contributed by atoms with van der Waals surface area (Å²) in [4.78, 5) is 11.0. The standard InChI is InChI=1S/C8H15ClOS/c1-7(10)8(3-5-9)4-6-11-2/h8H,3-6H2,1-2H3. The van der Waals surface area contributed by atoms with Gasteiger partial charge < -0.3 is 0 Å². The Bertz CT molecular complexity index is 117. The molecule has 0 aliphatic heterocycles. The van der Waals surface area contributed by atoms with Gasteiger partial charge in [-0.15, -0.1) is 11.6 Å². The number of halogens is 1. The fourth-order valence-corrected chi connectivity index (χ4v) is 1.73. The lowest BCUT2D eigenvalue weighted by atomic mass is 9.99. The molecule has 0 aromatic rings. The van der Waals surface area contributed by atoms with Crippen molar-refractivity contribution in [3.05, 3.63) is 0 Å². The molecule has 0 rings (SSSR count). The Morgan fingerprint density at radius 3 is 2.55 bits per heavy atom. The first-order valence-corrected chi connectivity index (χ1v) is 5.70. The highest BCUT2D eigenvalue weighted by atomic mass is 35.5. The molecule has 0 aromatic carbocycles. The number of ketones is 1. The quantitative estimate of drug-likeness (QED) is 0.605. The topological polar surface area (TPSA) is 17.1 Å². The molecule has 0 saturated heterocycles. The van der Waals surface area contributed by atoms with Crippen molar-refractivity contribution in [2.45, 2.75) is 19.8 Å². The lowest BCUT2D eigenvalue weighted by Crippen LogP contribution is -2.12. The van der Waals surface area contributed by atoms with E-state index in [1.165, 1.54) is 0 Å². The van der Waals surface area contributed by atoms with Crippen molar-refractivity contribution in [1.29, 1.82) is 0 Å². The largest absolute Gasteiger partial charge is 0.300 e. The minimum atomic E-state index is 0.194. The maximum atomic E-state index is 11.0. The molecule has 3 heteroatoms. The van der Waals surface area contributed by atoms with Crippen molar-refractivity contribution in [2.75, 3.05) is 17.9 Å². The summed E-state index contributed by atoms with van der Waals surface area (Å²) in [5, 5.41) is 0. The highest BCUT2D eigenvalue weighted by Gasteiger charge is 2.11. The maximum absolute atomic E-state index is 11.0. The number of Topliss-reactive ketones (excluding diaryl/α,β-unsaturated/α-hetero) is 1. The normalized spacial score (nSPS) is 13.0. The summed E-state index contributed by atoms with van der Waals surface area (Å²) in [5.41, 5.74) is 0. The molecule has 0 radical (unpaired) electrons. The van der Waals surface area contributed by atoms with E-state index in [0.29, 0.717) is 5.88 Å². The monoisotopic (exact) mass is 194 g/mol. The number of hydrogen-bond donors (Lipinski definition) is 0. The van der Waals surface area contributed by atoms with Crippen LogP contribution >= 0.6 is 23.4 Å². The van der Waals surface area contributed by atoms with Crippen LogP contribution < -0.4 is 0 Å². The van der Waals surface area contributed by atoms with Gasteiger partial charge in [0.15, 0.2) is 0 Å². The second-order valence-corrected chi connectivity index (χ2v) is 3.93. The van der Waals surface area contributed by atoms with Crippen molar-refractivity contribution in [3.63, 3.8) is 0 Å². The van der Waals surface area contributed by atoms with Gasteiger partial charge in [0.25, 0.3) is 0 Å². The van der Waals surface area contributed by atoms with Crippen molar-refractivity contribution in [2.24, 2.45) is 5.92 Å². The predicted octanol–water partition coefficient (Wildman–Crippen LogP) is 2.57. The van der Waals surface area contributed by atoms with Crippen molar-refractivity contribution in [1.82, 2.24) is 0 Å². The van der Waals surface area contributed by atoms with Crippen molar-refractivity contribution < 1.29 is 4.79 Å². The van der Waals surface area contributed by atoms with Gasteiger partial charge in [-0.05, 0) is 31.8 Å². The summed E-state index contributed by atoms with van der Waals surface area (Å²) in [6.45, 7) is 1.65. The summed E-state index contributed by atoms with van der Waals surface area (Å²) in [7, 11) is 0. The minimum absolute atomic E-state index is 0.194. The lowest BCUT2D eigenvalue weighted by molar-refractivity contribution is -0.120.